The summed E-state index contributed by atoms with van der Waals surface area (Å²) in [6.45, 7) is 4.21. The average Bonchev–Trinajstić information content (AvgIpc) is 2.85. The second-order valence-corrected chi connectivity index (χ2v) is 5.20. The molecule has 0 saturated carbocycles. The Labute approximate surface area is 109 Å². The van der Waals surface area contributed by atoms with Gasteiger partial charge in [-0.3, -0.25) is 9.69 Å². The molecule has 0 bridgehead atoms. The summed E-state index contributed by atoms with van der Waals surface area (Å²) >= 11 is 0. The predicted octanol–water partition coefficient (Wildman–Crippen LogP) is 2.13. The van der Waals surface area contributed by atoms with E-state index in [1.165, 1.54) is 5.56 Å². The molecule has 3 heteroatoms. The number of rotatable bonds is 5. The first-order valence-electron chi connectivity index (χ1n) is 6.77. The molecule has 1 aliphatic heterocycles. The van der Waals surface area contributed by atoms with Gasteiger partial charge in [-0.15, -0.1) is 0 Å². The van der Waals surface area contributed by atoms with E-state index in [4.69, 9.17) is 5.73 Å². The molecule has 1 aromatic rings. The van der Waals surface area contributed by atoms with Crippen LogP contribution in [-0.2, 0) is 4.79 Å². The van der Waals surface area contributed by atoms with Crippen molar-refractivity contribution >= 4 is 5.91 Å². The maximum atomic E-state index is 11.3. The summed E-state index contributed by atoms with van der Waals surface area (Å²) < 4.78 is 0. The molecule has 1 amide bonds. The van der Waals surface area contributed by atoms with Crippen molar-refractivity contribution in [3.05, 3.63) is 35.9 Å². The third-order valence-electron chi connectivity index (χ3n) is 3.91. The highest BCUT2D eigenvalue weighted by atomic mass is 16.1. The van der Waals surface area contributed by atoms with E-state index in [9.17, 15) is 4.79 Å². The number of benzene rings is 1. The zero-order chi connectivity index (χ0) is 13.0. The van der Waals surface area contributed by atoms with Gasteiger partial charge in [0.1, 0.15) is 0 Å². The summed E-state index contributed by atoms with van der Waals surface area (Å²) in [7, 11) is 0. The van der Waals surface area contributed by atoms with Crippen molar-refractivity contribution in [3.63, 3.8) is 0 Å². The van der Waals surface area contributed by atoms with Crippen LogP contribution < -0.4 is 5.73 Å². The van der Waals surface area contributed by atoms with Crippen molar-refractivity contribution in [2.75, 3.05) is 13.1 Å². The van der Waals surface area contributed by atoms with Gasteiger partial charge in [0.2, 0.25) is 5.91 Å². The van der Waals surface area contributed by atoms with Gasteiger partial charge in [0.25, 0.3) is 0 Å². The van der Waals surface area contributed by atoms with E-state index < -0.39 is 0 Å². The maximum Gasteiger partial charge on any atom is 0.234 e. The molecule has 3 nitrogen and oxygen atoms in total. The fourth-order valence-electron chi connectivity index (χ4n) is 2.72. The maximum absolute atomic E-state index is 11.3. The van der Waals surface area contributed by atoms with Gasteiger partial charge < -0.3 is 5.73 Å². The number of hydrogen-bond donors (Lipinski definition) is 1. The summed E-state index contributed by atoms with van der Waals surface area (Å²) in [5.74, 6) is 0.361. The number of carbonyl (C=O) groups excluding carboxylic acids is 1. The van der Waals surface area contributed by atoms with E-state index in [2.05, 4.69) is 36.1 Å². The molecule has 1 aromatic carbocycles. The molecular formula is C15H22N2O. The molecule has 0 unspecified atom stereocenters. The molecule has 1 aliphatic rings. The largest absolute Gasteiger partial charge is 0.368 e. The lowest BCUT2D eigenvalue weighted by Gasteiger charge is -2.23. The van der Waals surface area contributed by atoms with E-state index >= 15 is 0 Å². The molecule has 1 heterocycles. The van der Waals surface area contributed by atoms with Gasteiger partial charge in [-0.05, 0) is 43.8 Å². The molecule has 18 heavy (non-hydrogen) atoms. The van der Waals surface area contributed by atoms with Crippen molar-refractivity contribution < 1.29 is 4.79 Å². The quantitative estimate of drug-likeness (QED) is 0.865. The molecule has 1 saturated heterocycles. The second kappa shape index (κ2) is 6.01. The molecule has 0 spiro atoms. The van der Waals surface area contributed by atoms with Crippen molar-refractivity contribution in [1.29, 1.82) is 0 Å². The Balaban J connectivity index is 1.86. The SMILES string of the molecule is C[C@@H](CCN1CCC[C@@H]1C(N)=O)c1ccccc1. The van der Waals surface area contributed by atoms with Crippen molar-refractivity contribution in [1.82, 2.24) is 4.90 Å². The fourth-order valence-corrected chi connectivity index (χ4v) is 2.72. The fraction of sp³-hybridized carbons (Fsp3) is 0.533. The molecule has 1 fully saturated rings. The topological polar surface area (TPSA) is 46.3 Å². The third-order valence-corrected chi connectivity index (χ3v) is 3.91. The van der Waals surface area contributed by atoms with Crippen LogP contribution in [0.25, 0.3) is 0 Å². The minimum absolute atomic E-state index is 0.0343. The predicted molar refractivity (Wildman–Crippen MR) is 73.3 cm³/mol. The standard InChI is InChI=1S/C15H22N2O/c1-12(13-6-3-2-4-7-13)9-11-17-10-5-8-14(17)15(16)18/h2-4,6-7,12,14H,5,8-11H2,1H3,(H2,16,18)/t12-,14+/m0/s1. The summed E-state index contributed by atoms with van der Waals surface area (Å²) in [5.41, 5.74) is 6.79. The Morgan fingerprint density at radius 2 is 2.17 bits per heavy atom. The van der Waals surface area contributed by atoms with Crippen LogP contribution in [0.3, 0.4) is 0 Å². The van der Waals surface area contributed by atoms with Crippen LogP contribution in [-0.4, -0.2) is 29.9 Å². The van der Waals surface area contributed by atoms with E-state index in [1.54, 1.807) is 0 Å². The summed E-state index contributed by atoms with van der Waals surface area (Å²) in [6.07, 6.45) is 3.09. The van der Waals surface area contributed by atoms with Crippen molar-refractivity contribution in [2.45, 2.75) is 38.1 Å². The summed E-state index contributed by atoms with van der Waals surface area (Å²) in [5, 5.41) is 0. The van der Waals surface area contributed by atoms with E-state index in [-0.39, 0.29) is 11.9 Å². The highest BCUT2D eigenvalue weighted by Gasteiger charge is 2.28. The first-order valence-corrected chi connectivity index (χ1v) is 6.77. The minimum Gasteiger partial charge on any atom is -0.368 e. The Hall–Kier alpha value is -1.35. The van der Waals surface area contributed by atoms with Gasteiger partial charge >= 0.3 is 0 Å². The number of nitrogens with two attached hydrogens (primary N) is 1. The van der Waals surface area contributed by atoms with Crippen LogP contribution in [0.1, 0.15) is 37.7 Å². The summed E-state index contributed by atoms with van der Waals surface area (Å²) in [6, 6.07) is 10.5. The Bertz CT molecular complexity index is 391. The Kier molecular flexibility index (Phi) is 4.37. The van der Waals surface area contributed by atoms with Crippen molar-refractivity contribution in [2.24, 2.45) is 5.73 Å². The lowest BCUT2D eigenvalue weighted by atomic mass is 9.97. The van der Waals surface area contributed by atoms with Gasteiger partial charge in [0, 0.05) is 0 Å². The number of hydrogen-bond acceptors (Lipinski definition) is 2. The van der Waals surface area contributed by atoms with Gasteiger partial charge in [-0.25, -0.2) is 0 Å². The first-order chi connectivity index (χ1) is 8.68. The Morgan fingerprint density at radius 1 is 1.44 bits per heavy atom. The molecule has 2 atom stereocenters. The molecule has 2 N–H and O–H groups in total. The van der Waals surface area contributed by atoms with Crippen LogP contribution in [0.5, 0.6) is 0 Å². The molecule has 0 aliphatic carbocycles. The van der Waals surface area contributed by atoms with E-state index in [0.29, 0.717) is 5.92 Å². The monoisotopic (exact) mass is 246 g/mol. The van der Waals surface area contributed by atoms with E-state index in [1.807, 2.05) is 6.07 Å². The lowest BCUT2D eigenvalue weighted by molar-refractivity contribution is -0.122. The van der Waals surface area contributed by atoms with Crippen LogP contribution in [0, 0.1) is 0 Å². The molecule has 2 rings (SSSR count). The highest BCUT2D eigenvalue weighted by molar-refractivity contribution is 5.80. The average molecular weight is 246 g/mol. The number of primary amides is 1. The van der Waals surface area contributed by atoms with Crippen molar-refractivity contribution in [3.8, 4) is 0 Å². The second-order valence-electron chi connectivity index (χ2n) is 5.20. The Morgan fingerprint density at radius 3 is 2.83 bits per heavy atom. The lowest BCUT2D eigenvalue weighted by Crippen LogP contribution is -2.40. The molecule has 0 radical (unpaired) electrons. The van der Waals surface area contributed by atoms with Gasteiger partial charge in [0.05, 0.1) is 6.04 Å². The number of amides is 1. The normalized spacial score (nSPS) is 21.9. The van der Waals surface area contributed by atoms with Gasteiger partial charge in [0.15, 0.2) is 0 Å². The van der Waals surface area contributed by atoms with Crippen LogP contribution in [0.4, 0.5) is 0 Å². The van der Waals surface area contributed by atoms with Gasteiger partial charge in [-0.1, -0.05) is 37.3 Å². The van der Waals surface area contributed by atoms with Crippen LogP contribution >= 0.6 is 0 Å². The zero-order valence-corrected chi connectivity index (χ0v) is 11.0. The molecule has 98 valence electrons. The van der Waals surface area contributed by atoms with Crippen LogP contribution in [0.15, 0.2) is 30.3 Å². The zero-order valence-electron chi connectivity index (χ0n) is 11.0. The first kappa shape index (κ1) is 13.1. The molecule has 0 aromatic heterocycles. The molecular weight excluding hydrogens is 224 g/mol. The number of carbonyl (C=O) groups is 1. The van der Waals surface area contributed by atoms with Crippen LogP contribution in [0.2, 0.25) is 0 Å². The van der Waals surface area contributed by atoms with E-state index in [0.717, 1.165) is 32.4 Å². The number of nitrogens with zero attached hydrogens (tertiary/aromatic N) is 1. The highest BCUT2D eigenvalue weighted by Crippen LogP contribution is 2.22. The minimum atomic E-state index is -0.167. The number of likely N-dealkylation sites (tertiary alicyclic amines) is 1. The van der Waals surface area contributed by atoms with Gasteiger partial charge in [-0.2, -0.15) is 0 Å². The summed E-state index contributed by atoms with van der Waals surface area (Å²) in [4.78, 5) is 13.5. The third kappa shape index (κ3) is 3.10. The smallest absolute Gasteiger partial charge is 0.234 e.